The third kappa shape index (κ3) is 2.32. The monoisotopic (exact) mass is 315 g/mol. The molecule has 0 aromatic heterocycles. The zero-order valence-electron chi connectivity index (χ0n) is 11.1. The molecule has 1 heterocycles. The van der Waals surface area contributed by atoms with Gasteiger partial charge in [0, 0.05) is 12.3 Å². The summed E-state index contributed by atoms with van der Waals surface area (Å²) in [4.78, 5) is 0.153. The Morgan fingerprint density at radius 2 is 2.10 bits per heavy atom. The lowest BCUT2D eigenvalue weighted by molar-refractivity contribution is -0.125. The van der Waals surface area contributed by atoms with E-state index in [2.05, 4.69) is 0 Å². The van der Waals surface area contributed by atoms with E-state index < -0.39 is 15.1 Å². The Labute approximate surface area is 124 Å². The third-order valence-electron chi connectivity index (χ3n) is 4.41. The van der Waals surface area contributed by atoms with Crippen LogP contribution in [-0.4, -0.2) is 25.9 Å². The Morgan fingerprint density at radius 3 is 2.75 bits per heavy atom. The fraction of sp³-hybridized carbons (Fsp3) is 0.571. The summed E-state index contributed by atoms with van der Waals surface area (Å²) in [5.74, 6) is 0. The first kappa shape index (κ1) is 14.2. The summed E-state index contributed by atoms with van der Waals surface area (Å²) in [7, 11) is -3.45. The maximum absolute atomic E-state index is 12.8. The van der Waals surface area contributed by atoms with E-state index in [1.54, 1.807) is 12.1 Å². The van der Waals surface area contributed by atoms with Crippen molar-refractivity contribution < 1.29 is 13.2 Å². The Kier molecular flexibility index (Phi) is 3.47. The van der Waals surface area contributed by atoms with Crippen LogP contribution < -0.4 is 5.73 Å². The second-order valence-corrected chi connectivity index (χ2v) is 8.34. The molecule has 1 aliphatic heterocycles. The van der Waals surface area contributed by atoms with Crippen LogP contribution >= 0.6 is 11.6 Å². The highest BCUT2D eigenvalue weighted by molar-refractivity contribution is 7.92. The van der Waals surface area contributed by atoms with Gasteiger partial charge in [-0.1, -0.05) is 11.6 Å². The molecule has 6 heteroatoms. The van der Waals surface area contributed by atoms with Crippen LogP contribution in [0.2, 0.25) is 5.02 Å². The van der Waals surface area contributed by atoms with Crippen molar-refractivity contribution in [2.24, 2.45) is 0 Å². The molecule has 2 aliphatic rings. The lowest BCUT2D eigenvalue weighted by Crippen LogP contribution is -2.49. The molecule has 0 amide bonds. The van der Waals surface area contributed by atoms with Crippen molar-refractivity contribution in [1.82, 2.24) is 0 Å². The van der Waals surface area contributed by atoms with Crippen molar-refractivity contribution in [2.45, 2.75) is 47.9 Å². The maximum atomic E-state index is 12.8. The molecule has 1 unspecified atom stereocenters. The van der Waals surface area contributed by atoms with E-state index in [0.717, 1.165) is 19.3 Å². The maximum Gasteiger partial charge on any atom is 0.182 e. The average Bonchev–Trinajstić information content (AvgIpc) is 2.40. The molecule has 110 valence electrons. The summed E-state index contributed by atoms with van der Waals surface area (Å²) in [6.45, 7) is 0.504. The molecular formula is C14H18ClNO3S. The van der Waals surface area contributed by atoms with Crippen LogP contribution in [0.15, 0.2) is 23.1 Å². The minimum atomic E-state index is -3.45. The summed E-state index contributed by atoms with van der Waals surface area (Å²) in [6.07, 6.45) is 4.13. The quantitative estimate of drug-likeness (QED) is 0.852. The van der Waals surface area contributed by atoms with Crippen molar-refractivity contribution >= 4 is 27.1 Å². The van der Waals surface area contributed by atoms with Gasteiger partial charge < -0.3 is 10.5 Å². The minimum absolute atomic E-state index is 0.153. The second kappa shape index (κ2) is 4.90. The summed E-state index contributed by atoms with van der Waals surface area (Å²) in [5, 5.41) is -0.177. The molecule has 1 aliphatic carbocycles. The molecule has 0 bridgehead atoms. The zero-order valence-corrected chi connectivity index (χ0v) is 12.7. The van der Waals surface area contributed by atoms with Crippen LogP contribution in [-0.2, 0) is 14.6 Å². The topological polar surface area (TPSA) is 69.4 Å². The van der Waals surface area contributed by atoms with Crippen LogP contribution in [0.25, 0.3) is 0 Å². The van der Waals surface area contributed by atoms with E-state index in [1.807, 2.05) is 0 Å². The van der Waals surface area contributed by atoms with Gasteiger partial charge in [-0.05, 0) is 50.3 Å². The molecule has 1 saturated heterocycles. The fourth-order valence-electron chi connectivity index (χ4n) is 3.08. The number of hydrogen-bond acceptors (Lipinski definition) is 4. The molecule has 1 aromatic carbocycles. The fourth-order valence-corrected chi connectivity index (χ4v) is 5.45. The number of anilines is 1. The molecular weight excluding hydrogens is 298 g/mol. The van der Waals surface area contributed by atoms with E-state index in [1.165, 1.54) is 6.07 Å². The van der Waals surface area contributed by atoms with Gasteiger partial charge in [-0.2, -0.15) is 0 Å². The van der Waals surface area contributed by atoms with Gasteiger partial charge in [-0.3, -0.25) is 0 Å². The van der Waals surface area contributed by atoms with Crippen LogP contribution in [0.1, 0.15) is 32.1 Å². The van der Waals surface area contributed by atoms with Crippen LogP contribution in [0.5, 0.6) is 0 Å². The van der Waals surface area contributed by atoms with Gasteiger partial charge in [0.15, 0.2) is 9.84 Å². The number of sulfone groups is 1. The van der Waals surface area contributed by atoms with Crippen LogP contribution in [0.4, 0.5) is 5.69 Å². The van der Waals surface area contributed by atoms with Crippen molar-refractivity contribution in [1.29, 1.82) is 0 Å². The molecule has 1 atom stereocenters. The summed E-state index contributed by atoms with van der Waals surface area (Å²) in [5.41, 5.74) is 5.91. The smallest absolute Gasteiger partial charge is 0.182 e. The number of hydrogen-bond donors (Lipinski definition) is 1. The predicted molar refractivity (Wildman–Crippen MR) is 78.6 cm³/mol. The highest BCUT2D eigenvalue weighted by atomic mass is 35.5. The molecule has 3 rings (SSSR count). The molecule has 1 aromatic rings. The predicted octanol–water partition coefficient (Wildman–Crippen LogP) is 2.80. The van der Waals surface area contributed by atoms with Gasteiger partial charge in [0.1, 0.15) is 0 Å². The second-order valence-electron chi connectivity index (χ2n) is 5.73. The normalized spacial score (nSPS) is 25.4. The number of nitrogens with two attached hydrogens (primary N) is 1. The number of rotatable bonds is 2. The Hall–Kier alpha value is -0.780. The lowest BCUT2D eigenvalue weighted by Gasteiger charge is -2.46. The summed E-state index contributed by atoms with van der Waals surface area (Å²) < 4.78 is 31.4. The third-order valence-corrected chi connectivity index (χ3v) is 7.09. The van der Waals surface area contributed by atoms with Gasteiger partial charge in [-0.15, -0.1) is 0 Å². The molecule has 20 heavy (non-hydrogen) atoms. The Bertz CT molecular complexity index is 625. The summed E-state index contributed by atoms with van der Waals surface area (Å²) in [6, 6.07) is 4.61. The van der Waals surface area contributed by atoms with Gasteiger partial charge in [0.2, 0.25) is 0 Å². The van der Waals surface area contributed by atoms with Gasteiger partial charge in [0.25, 0.3) is 0 Å². The number of ether oxygens (including phenoxy) is 1. The zero-order chi connectivity index (χ0) is 14.4. The van der Waals surface area contributed by atoms with Crippen molar-refractivity contribution in [3.8, 4) is 0 Å². The molecule has 4 nitrogen and oxygen atoms in total. The van der Waals surface area contributed by atoms with Gasteiger partial charge >= 0.3 is 0 Å². The van der Waals surface area contributed by atoms with E-state index in [0.29, 0.717) is 25.1 Å². The molecule has 2 N–H and O–H groups in total. The number of nitrogen functional groups attached to an aromatic ring is 1. The standard InChI is InChI=1S/C14H18ClNO3S/c15-12-3-2-10(16)8-13(12)20(17,18)11-4-7-19-14(9-11)5-1-6-14/h2-3,8,11H,1,4-7,9,16H2. The van der Waals surface area contributed by atoms with Crippen molar-refractivity contribution in [2.75, 3.05) is 12.3 Å². The largest absolute Gasteiger partial charge is 0.399 e. The van der Waals surface area contributed by atoms with E-state index in [9.17, 15) is 8.42 Å². The van der Waals surface area contributed by atoms with Crippen molar-refractivity contribution in [3.05, 3.63) is 23.2 Å². The SMILES string of the molecule is Nc1ccc(Cl)c(S(=O)(=O)C2CCOC3(CCC3)C2)c1. The first-order valence-corrected chi connectivity index (χ1v) is 8.78. The van der Waals surface area contributed by atoms with E-state index >= 15 is 0 Å². The molecule has 1 spiro atoms. The minimum Gasteiger partial charge on any atom is -0.399 e. The first-order valence-electron chi connectivity index (χ1n) is 6.86. The molecule has 0 radical (unpaired) electrons. The van der Waals surface area contributed by atoms with E-state index in [4.69, 9.17) is 22.1 Å². The highest BCUT2D eigenvalue weighted by Gasteiger charge is 2.46. The van der Waals surface area contributed by atoms with Gasteiger partial charge in [-0.25, -0.2) is 8.42 Å². The number of benzene rings is 1. The van der Waals surface area contributed by atoms with E-state index in [-0.39, 0.29) is 15.5 Å². The van der Waals surface area contributed by atoms with Gasteiger partial charge in [0.05, 0.1) is 20.8 Å². The highest BCUT2D eigenvalue weighted by Crippen LogP contribution is 2.45. The lowest BCUT2D eigenvalue weighted by atomic mass is 9.75. The first-order chi connectivity index (χ1) is 9.43. The summed E-state index contributed by atoms with van der Waals surface area (Å²) >= 11 is 6.05. The molecule has 1 saturated carbocycles. The Balaban J connectivity index is 1.93. The van der Waals surface area contributed by atoms with Crippen LogP contribution in [0, 0.1) is 0 Å². The van der Waals surface area contributed by atoms with Crippen molar-refractivity contribution in [3.63, 3.8) is 0 Å². The number of halogens is 1. The van der Waals surface area contributed by atoms with Crippen LogP contribution in [0.3, 0.4) is 0 Å². The Morgan fingerprint density at radius 1 is 1.35 bits per heavy atom. The average molecular weight is 316 g/mol. The molecule has 2 fully saturated rings.